The molecule has 3 rings (SSSR count). The van der Waals surface area contributed by atoms with Crippen LogP contribution in [0, 0.1) is 0 Å². The summed E-state index contributed by atoms with van der Waals surface area (Å²) in [5.41, 5.74) is 8.65. The van der Waals surface area contributed by atoms with Gasteiger partial charge < -0.3 is 10.3 Å². The van der Waals surface area contributed by atoms with E-state index in [0.29, 0.717) is 11.5 Å². The van der Waals surface area contributed by atoms with Crippen molar-refractivity contribution in [1.29, 1.82) is 0 Å². The second kappa shape index (κ2) is 6.37. The van der Waals surface area contributed by atoms with Crippen molar-refractivity contribution in [3.63, 3.8) is 0 Å². The van der Waals surface area contributed by atoms with E-state index >= 15 is 0 Å². The summed E-state index contributed by atoms with van der Waals surface area (Å²) in [6.07, 6.45) is 7.29. The lowest BCUT2D eigenvalue weighted by Crippen LogP contribution is -2.10. The van der Waals surface area contributed by atoms with Crippen molar-refractivity contribution in [2.24, 2.45) is 5.73 Å². The van der Waals surface area contributed by atoms with Gasteiger partial charge in [-0.1, -0.05) is 30.4 Å². The standard InChI is InChI=1S/C16H13BrN4S/c17-14-7-13(8-19-9-14)16-20-4-5-21(16)10-11-2-1-3-12(6-11)15(18)22/h1-9H,10H2,(H2,18,22). The molecule has 0 amide bonds. The molecule has 0 aliphatic heterocycles. The van der Waals surface area contributed by atoms with Gasteiger partial charge >= 0.3 is 0 Å². The molecule has 0 aliphatic carbocycles. The Kier molecular flexibility index (Phi) is 4.31. The predicted octanol–water partition coefficient (Wildman–Crippen LogP) is 3.39. The number of benzene rings is 1. The SMILES string of the molecule is NC(=S)c1cccc(Cn2ccnc2-c2cncc(Br)c2)c1. The maximum absolute atomic E-state index is 5.69. The zero-order valence-electron chi connectivity index (χ0n) is 11.6. The van der Waals surface area contributed by atoms with Crippen LogP contribution in [0.2, 0.25) is 0 Å². The summed E-state index contributed by atoms with van der Waals surface area (Å²) in [6, 6.07) is 9.92. The van der Waals surface area contributed by atoms with Gasteiger partial charge in [0.2, 0.25) is 0 Å². The quantitative estimate of drug-likeness (QED) is 0.713. The highest BCUT2D eigenvalue weighted by Crippen LogP contribution is 2.21. The molecule has 2 aromatic heterocycles. The summed E-state index contributed by atoms with van der Waals surface area (Å²) >= 11 is 8.47. The molecule has 0 atom stereocenters. The van der Waals surface area contributed by atoms with E-state index in [1.54, 1.807) is 18.6 Å². The molecule has 110 valence electrons. The number of halogens is 1. The van der Waals surface area contributed by atoms with Crippen LogP contribution in [0.3, 0.4) is 0 Å². The molecule has 1 aromatic carbocycles. The molecule has 0 radical (unpaired) electrons. The number of hydrogen-bond acceptors (Lipinski definition) is 3. The van der Waals surface area contributed by atoms with Crippen LogP contribution in [-0.4, -0.2) is 19.5 Å². The Labute approximate surface area is 142 Å². The van der Waals surface area contributed by atoms with Crippen LogP contribution in [0.4, 0.5) is 0 Å². The van der Waals surface area contributed by atoms with Gasteiger partial charge in [-0.3, -0.25) is 4.98 Å². The number of hydrogen-bond donors (Lipinski definition) is 1. The van der Waals surface area contributed by atoms with Crippen LogP contribution >= 0.6 is 28.1 Å². The van der Waals surface area contributed by atoms with Gasteiger partial charge in [0.05, 0.1) is 0 Å². The average molecular weight is 373 g/mol. The minimum atomic E-state index is 0.406. The molecule has 2 N–H and O–H groups in total. The lowest BCUT2D eigenvalue weighted by Gasteiger charge is -2.09. The number of nitrogens with zero attached hydrogens (tertiary/aromatic N) is 3. The highest BCUT2D eigenvalue weighted by Gasteiger charge is 2.08. The van der Waals surface area contributed by atoms with Gasteiger partial charge in [0.15, 0.2) is 0 Å². The number of pyridine rings is 1. The van der Waals surface area contributed by atoms with E-state index in [1.807, 2.05) is 36.5 Å². The fraction of sp³-hybridized carbons (Fsp3) is 0.0625. The third kappa shape index (κ3) is 3.23. The van der Waals surface area contributed by atoms with E-state index in [4.69, 9.17) is 18.0 Å². The Morgan fingerprint density at radius 3 is 2.91 bits per heavy atom. The Balaban J connectivity index is 1.93. The van der Waals surface area contributed by atoms with Gasteiger partial charge in [0, 0.05) is 46.9 Å². The minimum Gasteiger partial charge on any atom is -0.389 e. The second-order valence-electron chi connectivity index (χ2n) is 4.84. The van der Waals surface area contributed by atoms with Gasteiger partial charge in [-0.25, -0.2) is 4.98 Å². The van der Waals surface area contributed by atoms with E-state index in [1.165, 1.54) is 0 Å². The van der Waals surface area contributed by atoms with Crippen molar-refractivity contribution < 1.29 is 0 Å². The molecular formula is C16H13BrN4S. The summed E-state index contributed by atoms with van der Waals surface area (Å²) in [5, 5.41) is 0. The number of nitrogens with two attached hydrogens (primary N) is 1. The summed E-state index contributed by atoms with van der Waals surface area (Å²) < 4.78 is 3.00. The van der Waals surface area contributed by atoms with Crippen LogP contribution in [0.25, 0.3) is 11.4 Å². The molecule has 22 heavy (non-hydrogen) atoms. The van der Waals surface area contributed by atoms with Crippen LogP contribution in [0.1, 0.15) is 11.1 Å². The van der Waals surface area contributed by atoms with Crippen LogP contribution in [-0.2, 0) is 6.54 Å². The summed E-state index contributed by atoms with van der Waals surface area (Å²) in [7, 11) is 0. The van der Waals surface area contributed by atoms with Crippen LogP contribution in [0.5, 0.6) is 0 Å². The van der Waals surface area contributed by atoms with E-state index in [-0.39, 0.29) is 0 Å². The first-order chi connectivity index (χ1) is 10.6. The smallest absolute Gasteiger partial charge is 0.141 e. The monoisotopic (exact) mass is 372 g/mol. The third-order valence-electron chi connectivity index (χ3n) is 3.24. The first-order valence-electron chi connectivity index (χ1n) is 6.64. The van der Waals surface area contributed by atoms with E-state index in [0.717, 1.165) is 27.0 Å². The van der Waals surface area contributed by atoms with E-state index < -0.39 is 0 Å². The van der Waals surface area contributed by atoms with Crippen LogP contribution < -0.4 is 5.73 Å². The maximum Gasteiger partial charge on any atom is 0.141 e. The molecule has 2 heterocycles. The van der Waals surface area contributed by atoms with Crippen molar-refractivity contribution in [3.05, 3.63) is 70.7 Å². The first kappa shape index (κ1) is 14.9. The zero-order valence-corrected chi connectivity index (χ0v) is 14.0. The van der Waals surface area contributed by atoms with Gasteiger partial charge in [-0.05, 0) is 33.6 Å². The molecule has 6 heteroatoms. The van der Waals surface area contributed by atoms with Crippen LogP contribution in [0.15, 0.2) is 59.6 Å². The number of imidazole rings is 1. The predicted molar refractivity (Wildman–Crippen MR) is 94.6 cm³/mol. The highest BCUT2D eigenvalue weighted by molar-refractivity contribution is 9.10. The summed E-state index contributed by atoms with van der Waals surface area (Å²) in [5.74, 6) is 0.870. The number of aromatic nitrogens is 3. The maximum atomic E-state index is 5.69. The molecule has 0 aliphatic rings. The lowest BCUT2D eigenvalue weighted by molar-refractivity contribution is 0.806. The van der Waals surface area contributed by atoms with Crippen molar-refractivity contribution in [2.75, 3.05) is 0 Å². The van der Waals surface area contributed by atoms with Crippen molar-refractivity contribution in [2.45, 2.75) is 6.54 Å². The normalized spacial score (nSPS) is 10.6. The largest absolute Gasteiger partial charge is 0.389 e. The van der Waals surface area contributed by atoms with Gasteiger partial charge in [0.1, 0.15) is 10.8 Å². The van der Waals surface area contributed by atoms with E-state index in [9.17, 15) is 0 Å². The summed E-state index contributed by atoms with van der Waals surface area (Å²) in [4.78, 5) is 9.03. The zero-order chi connectivity index (χ0) is 15.5. The molecule has 4 nitrogen and oxygen atoms in total. The third-order valence-corrected chi connectivity index (χ3v) is 3.91. The van der Waals surface area contributed by atoms with Gasteiger partial charge in [0.25, 0.3) is 0 Å². The second-order valence-corrected chi connectivity index (χ2v) is 6.19. The van der Waals surface area contributed by atoms with Crippen molar-refractivity contribution >= 4 is 33.1 Å². The summed E-state index contributed by atoms with van der Waals surface area (Å²) in [6.45, 7) is 0.693. The average Bonchev–Trinajstić information content (AvgIpc) is 2.95. The van der Waals surface area contributed by atoms with Gasteiger partial charge in [-0.2, -0.15) is 0 Å². The number of thiocarbonyl (C=S) groups is 1. The van der Waals surface area contributed by atoms with Crippen molar-refractivity contribution in [3.8, 4) is 11.4 Å². The Morgan fingerprint density at radius 1 is 1.27 bits per heavy atom. The first-order valence-corrected chi connectivity index (χ1v) is 7.84. The topological polar surface area (TPSA) is 56.7 Å². The number of rotatable bonds is 4. The molecule has 3 aromatic rings. The molecule has 0 fully saturated rings. The molecule has 0 bridgehead atoms. The van der Waals surface area contributed by atoms with Crippen molar-refractivity contribution in [1.82, 2.24) is 14.5 Å². The molecule has 0 saturated carbocycles. The molecule has 0 saturated heterocycles. The fourth-order valence-corrected chi connectivity index (χ4v) is 2.74. The fourth-order valence-electron chi connectivity index (χ4n) is 2.25. The Bertz CT molecular complexity index is 828. The molecule has 0 unspecified atom stereocenters. The molecular weight excluding hydrogens is 360 g/mol. The molecule has 0 spiro atoms. The van der Waals surface area contributed by atoms with E-state index in [2.05, 4.69) is 30.5 Å². The van der Waals surface area contributed by atoms with Gasteiger partial charge in [-0.15, -0.1) is 0 Å². The minimum absolute atomic E-state index is 0.406. The Morgan fingerprint density at radius 2 is 2.14 bits per heavy atom. The lowest BCUT2D eigenvalue weighted by atomic mass is 10.1. The Hall–Kier alpha value is -2.05. The highest BCUT2D eigenvalue weighted by atomic mass is 79.9.